The number of aromatic nitrogens is 3. The van der Waals surface area contributed by atoms with Crippen molar-refractivity contribution in [1.29, 1.82) is 0 Å². The molecule has 0 saturated heterocycles. The third-order valence-corrected chi connectivity index (χ3v) is 5.28. The fraction of sp³-hybridized carbons (Fsp3) is 0.0952. The summed E-state index contributed by atoms with van der Waals surface area (Å²) in [7, 11) is 0. The van der Waals surface area contributed by atoms with Crippen molar-refractivity contribution in [2.45, 2.75) is 6.42 Å². The standard InChI is InChI=1S/C21H15Cl3N4O/c22-15-3-1-2-14(10-15)19-7-9-25-20-17(12-27-28(19)20)21(29)26-8-6-13-4-5-16(23)11-18(13)24/h1-5,7,9-12H,6,8H2,(H,26,29). The molecule has 0 aliphatic heterocycles. The van der Waals surface area contributed by atoms with E-state index in [2.05, 4.69) is 15.4 Å². The average molecular weight is 446 g/mol. The zero-order chi connectivity index (χ0) is 20.4. The maximum Gasteiger partial charge on any atom is 0.256 e. The van der Waals surface area contributed by atoms with Gasteiger partial charge in [-0.15, -0.1) is 0 Å². The van der Waals surface area contributed by atoms with Crippen LogP contribution in [0.1, 0.15) is 15.9 Å². The Kier molecular flexibility index (Phi) is 5.72. The summed E-state index contributed by atoms with van der Waals surface area (Å²) >= 11 is 18.2. The fourth-order valence-corrected chi connectivity index (χ4v) is 3.74. The Morgan fingerprint density at radius 3 is 2.66 bits per heavy atom. The van der Waals surface area contributed by atoms with Crippen molar-refractivity contribution in [3.05, 3.63) is 87.1 Å². The summed E-state index contributed by atoms with van der Waals surface area (Å²) < 4.78 is 1.64. The van der Waals surface area contributed by atoms with E-state index in [1.165, 1.54) is 6.20 Å². The Morgan fingerprint density at radius 1 is 1.03 bits per heavy atom. The molecule has 1 N–H and O–H groups in total. The molecule has 0 atom stereocenters. The van der Waals surface area contributed by atoms with Gasteiger partial charge in [-0.3, -0.25) is 4.79 Å². The Bertz CT molecular complexity index is 1210. The molecule has 8 heteroatoms. The second kappa shape index (κ2) is 8.41. The van der Waals surface area contributed by atoms with Crippen molar-refractivity contribution in [3.8, 4) is 11.3 Å². The second-order valence-electron chi connectivity index (χ2n) is 6.38. The number of fused-ring (bicyclic) bond motifs is 1. The number of carbonyl (C=O) groups excluding carboxylic acids is 1. The number of hydrogen-bond donors (Lipinski definition) is 1. The van der Waals surface area contributed by atoms with Crippen LogP contribution in [0.3, 0.4) is 0 Å². The first-order valence-electron chi connectivity index (χ1n) is 8.84. The van der Waals surface area contributed by atoms with Crippen LogP contribution in [0.15, 0.2) is 60.9 Å². The lowest BCUT2D eigenvalue weighted by atomic mass is 10.1. The molecule has 1 amide bonds. The van der Waals surface area contributed by atoms with E-state index >= 15 is 0 Å². The van der Waals surface area contributed by atoms with E-state index in [4.69, 9.17) is 34.8 Å². The first kappa shape index (κ1) is 19.7. The van der Waals surface area contributed by atoms with Crippen LogP contribution in [-0.2, 0) is 6.42 Å². The zero-order valence-electron chi connectivity index (χ0n) is 15.1. The molecule has 0 saturated carbocycles. The van der Waals surface area contributed by atoms with Crippen molar-refractivity contribution in [3.63, 3.8) is 0 Å². The number of amides is 1. The van der Waals surface area contributed by atoms with E-state index in [0.29, 0.717) is 39.2 Å². The van der Waals surface area contributed by atoms with E-state index in [0.717, 1.165) is 16.8 Å². The van der Waals surface area contributed by atoms with Crippen LogP contribution in [0, 0.1) is 0 Å². The summed E-state index contributed by atoms with van der Waals surface area (Å²) in [6, 6.07) is 14.6. The molecule has 2 heterocycles. The minimum atomic E-state index is -0.249. The summed E-state index contributed by atoms with van der Waals surface area (Å²) in [4.78, 5) is 17.0. The van der Waals surface area contributed by atoms with Gasteiger partial charge in [-0.05, 0) is 42.3 Å². The van der Waals surface area contributed by atoms with Crippen molar-refractivity contribution in [2.24, 2.45) is 0 Å². The smallest absolute Gasteiger partial charge is 0.256 e. The second-order valence-corrected chi connectivity index (χ2v) is 7.66. The number of halogens is 3. The number of nitrogens with zero attached hydrogens (tertiary/aromatic N) is 3. The first-order chi connectivity index (χ1) is 14.0. The summed E-state index contributed by atoms with van der Waals surface area (Å²) in [5.41, 5.74) is 3.47. The minimum Gasteiger partial charge on any atom is -0.352 e. The van der Waals surface area contributed by atoms with E-state index in [1.54, 1.807) is 28.9 Å². The largest absolute Gasteiger partial charge is 0.352 e. The molecule has 146 valence electrons. The highest BCUT2D eigenvalue weighted by molar-refractivity contribution is 6.35. The molecule has 2 aromatic carbocycles. The van der Waals surface area contributed by atoms with Gasteiger partial charge < -0.3 is 5.32 Å². The Labute approximate surface area is 182 Å². The quantitative estimate of drug-likeness (QED) is 0.452. The molecule has 0 fully saturated rings. The summed E-state index contributed by atoms with van der Waals surface area (Å²) in [5.74, 6) is -0.249. The number of benzene rings is 2. The summed E-state index contributed by atoms with van der Waals surface area (Å²) in [5, 5.41) is 9.02. The van der Waals surface area contributed by atoms with E-state index < -0.39 is 0 Å². The summed E-state index contributed by atoms with van der Waals surface area (Å²) in [6.45, 7) is 0.422. The molecule has 2 aromatic heterocycles. The maximum atomic E-state index is 12.7. The molecule has 0 unspecified atom stereocenters. The monoisotopic (exact) mass is 444 g/mol. The lowest BCUT2D eigenvalue weighted by Crippen LogP contribution is -2.25. The Balaban J connectivity index is 1.53. The molecular weight excluding hydrogens is 431 g/mol. The average Bonchev–Trinajstić information content (AvgIpc) is 3.14. The van der Waals surface area contributed by atoms with Crippen LogP contribution in [0.25, 0.3) is 16.9 Å². The molecular formula is C21H15Cl3N4O. The molecule has 0 bridgehead atoms. The molecule has 4 aromatic rings. The normalized spacial score (nSPS) is 11.0. The first-order valence-corrected chi connectivity index (χ1v) is 9.97. The van der Waals surface area contributed by atoms with Crippen LogP contribution in [-0.4, -0.2) is 27.0 Å². The lowest BCUT2D eigenvalue weighted by Gasteiger charge is -2.07. The van der Waals surface area contributed by atoms with Crippen LogP contribution < -0.4 is 5.32 Å². The predicted molar refractivity (Wildman–Crippen MR) is 116 cm³/mol. The van der Waals surface area contributed by atoms with Crippen molar-refractivity contribution in [2.75, 3.05) is 6.54 Å². The van der Waals surface area contributed by atoms with Crippen molar-refractivity contribution >= 4 is 46.4 Å². The number of hydrogen-bond acceptors (Lipinski definition) is 3. The van der Waals surface area contributed by atoms with Gasteiger partial charge in [0.1, 0.15) is 5.56 Å². The fourth-order valence-electron chi connectivity index (χ4n) is 3.05. The predicted octanol–water partition coefficient (Wildman–Crippen LogP) is 5.33. The van der Waals surface area contributed by atoms with Gasteiger partial charge in [0.25, 0.3) is 5.91 Å². The van der Waals surface area contributed by atoms with Gasteiger partial charge in [0.2, 0.25) is 0 Å². The SMILES string of the molecule is O=C(NCCc1ccc(Cl)cc1Cl)c1cnn2c(-c3cccc(Cl)c3)ccnc12. The summed E-state index contributed by atoms with van der Waals surface area (Å²) in [6.07, 6.45) is 3.75. The molecule has 0 aliphatic carbocycles. The van der Waals surface area contributed by atoms with Gasteiger partial charge >= 0.3 is 0 Å². The molecule has 0 aliphatic rings. The van der Waals surface area contributed by atoms with Gasteiger partial charge in [-0.2, -0.15) is 5.10 Å². The molecule has 4 rings (SSSR count). The highest BCUT2D eigenvalue weighted by Crippen LogP contribution is 2.24. The van der Waals surface area contributed by atoms with Crippen molar-refractivity contribution < 1.29 is 4.79 Å². The zero-order valence-corrected chi connectivity index (χ0v) is 17.3. The van der Waals surface area contributed by atoms with Crippen molar-refractivity contribution in [1.82, 2.24) is 19.9 Å². The van der Waals surface area contributed by atoms with Crippen LogP contribution in [0.2, 0.25) is 15.1 Å². The lowest BCUT2D eigenvalue weighted by molar-refractivity contribution is 0.0955. The minimum absolute atomic E-state index is 0.249. The van der Waals surface area contributed by atoms with Gasteiger partial charge in [0, 0.05) is 33.4 Å². The number of nitrogens with one attached hydrogen (secondary N) is 1. The molecule has 0 radical (unpaired) electrons. The van der Waals surface area contributed by atoms with Gasteiger partial charge in [-0.25, -0.2) is 9.50 Å². The van der Waals surface area contributed by atoms with Gasteiger partial charge in [0.05, 0.1) is 11.9 Å². The molecule has 29 heavy (non-hydrogen) atoms. The number of carbonyl (C=O) groups is 1. The van der Waals surface area contributed by atoms with Gasteiger partial charge in [0.15, 0.2) is 5.65 Å². The van der Waals surface area contributed by atoms with Gasteiger partial charge in [-0.1, -0.05) is 53.0 Å². The molecule has 5 nitrogen and oxygen atoms in total. The third kappa shape index (κ3) is 4.22. The van der Waals surface area contributed by atoms with E-state index in [9.17, 15) is 4.79 Å². The highest BCUT2D eigenvalue weighted by atomic mass is 35.5. The Morgan fingerprint density at radius 2 is 1.86 bits per heavy atom. The van der Waals surface area contributed by atoms with E-state index in [-0.39, 0.29) is 5.91 Å². The van der Waals surface area contributed by atoms with Crippen LogP contribution in [0.4, 0.5) is 0 Å². The number of rotatable bonds is 5. The van der Waals surface area contributed by atoms with E-state index in [1.807, 2.05) is 30.3 Å². The highest BCUT2D eigenvalue weighted by Gasteiger charge is 2.16. The third-order valence-electron chi connectivity index (χ3n) is 4.46. The Hall–Kier alpha value is -2.60. The van der Waals surface area contributed by atoms with Crippen LogP contribution in [0.5, 0.6) is 0 Å². The topological polar surface area (TPSA) is 59.3 Å². The maximum absolute atomic E-state index is 12.7. The van der Waals surface area contributed by atoms with Crippen LogP contribution >= 0.6 is 34.8 Å². The molecule has 0 spiro atoms.